The van der Waals surface area contributed by atoms with Gasteiger partial charge in [0, 0.05) is 23.1 Å². The second-order valence-corrected chi connectivity index (χ2v) is 5.14. The highest BCUT2D eigenvalue weighted by atomic mass is 16.5. The van der Waals surface area contributed by atoms with Gasteiger partial charge in [-0.15, -0.1) is 0 Å². The molecule has 0 amide bonds. The maximum Gasteiger partial charge on any atom is 0.164 e. The van der Waals surface area contributed by atoms with E-state index in [2.05, 4.69) is 26.1 Å². The molecule has 1 aromatic rings. The molecule has 0 aliphatic heterocycles. The van der Waals surface area contributed by atoms with Crippen molar-refractivity contribution >= 4 is 0 Å². The van der Waals surface area contributed by atoms with Crippen LogP contribution in [-0.4, -0.2) is 33.9 Å². The van der Waals surface area contributed by atoms with Gasteiger partial charge in [-0.3, -0.25) is 0 Å². The molecule has 1 atom stereocenters. The van der Waals surface area contributed by atoms with Crippen molar-refractivity contribution in [3.05, 3.63) is 17.7 Å². The van der Waals surface area contributed by atoms with Gasteiger partial charge in [0.05, 0.1) is 21.3 Å². The van der Waals surface area contributed by atoms with Gasteiger partial charge in [0.25, 0.3) is 0 Å². The molecule has 0 saturated heterocycles. The average Bonchev–Trinajstić information content (AvgIpc) is 2.44. The predicted molar refractivity (Wildman–Crippen MR) is 77.7 cm³/mol. The normalized spacial score (nSPS) is 13.0. The van der Waals surface area contributed by atoms with Gasteiger partial charge < -0.3 is 19.5 Å². The Bertz CT molecular complexity index is 430. The summed E-state index contributed by atoms with van der Waals surface area (Å²) in [5.74, 6) is 2.47. The first-order valence-electron chi connectivity index (χ1n) is 6.40. The number of benzene rings is 1. The lowest BCUT2D eigenvalue weighted by Gasteiger charge is -2.33. The van der Waals surface area contributed by atoms with E-state index in [-0.39, 0.29) is 11.5 Å². The van der Waals surface area contributed by atoms with Gasteiger partial charge >= 0.3 is 0 Å². The zero-order chi connectivity index (χ0) is 14.6. The number of ether oxygens (including phenoxy) is 3. The van der Waals surface area contributed by atoms with E-state index in [1.165, 1.54) is 0 Å². The van der Waals surface area contributed by atoms with Gasteiger partial charge in [-0.2, -0.15) is 0 Å². The van der Waals surface area contributed by atoms with Gasteiger partial charge in [-0.25, -0.2) is 0 Å². The average molecular weight is 267 g/mol. The molecule has 108 valence electrons. The van der Waals surface area contributed by atoms with Crippen molar-refractivity contribution in [3.8, 4) is 17.2 Å². The Morgan fingerprint density at radius 2 is 1.42 bits per heavy atom. The third-order valence-electron chi connectivity index (χ3n) is 3.93. The van der Waals surface area contributed by atoms with Gasteiger partial charge in [-0.05, 0) is 27.0 Å². The first kappa shape index (κ1) is 15.6. The molecule has 0 spiro atoms. The van der Waals surface area contributed by atoms with E-state index in [1.807, 2.05) is 19.2 Å². The molecule has 1 rings (SSSR count). The standard InChI is InChI=1S/C15H25NO3/c1-10(15(2,3)16-4)11-8-13(18-6)14(19-7)9-12(11)17-5/h8-10,16H,1-7H3. The van der Waals surface area contributed by atoms with Crippen LogP contribution >= 0.6 is 0 Å². The van der Waals surface area contributed by atoms with Crippen molar-refractivity contribution < 1.29 is 14.2 Å². The van der Waals surface area contributed by atoms with E-state index >= 15 is 0 Å². The van der Waals surface area contributed by atoms with E-state index in [4.69, 9.17) is 14.2 Å². The van der Waals surface area contributed by atoms with Crippen molar-refractivity contribution in [1.29, 1.82) is 0 Å². The number of likely N-dealkylation sites (N-methyl/N-ethyl adjacent to an activating group) is 1. The molecule has 19 heavy (non-hydrogen) atoms. The molecule has 4 heteroatoms. The van der Waals surface area contributed by atoms with Crippen molar-refractivity contribution in [2.75, 3.05) is 28.4 Å². The summed E-state index contributed by atoms with van der Waals surface area (Å²) in [6, 6.07) is 3.86. The van der Waals surface area contributed by atoms with Crippen LogP contribution in [0, 0.1) is 0 Å². The fourth-order valence-corrected chi connectivity index (χ4v) is 2.00. The maximum absolute atomic E-state index is 5.48. The fraction of sp³-hybridized carbons (Fsp3) is 0.600. The van der Waals surface area contributed by atoms with Crippen molar-refractivity contribution in [1.82, 2.24) is 5.32 Å². The summed E-state index contributed by atoms with van der Waals surface area (Å²) in [7, 11) is 6.90. The summed E-state index contributed by atoms with van der Waals surface area (Å²) >= 11 is 0. The van der Waals surface area contributed by atoms with Crippen LogP contribution < -0.4 is 19.5 Å². The van der Waals surface area contributed by atoms with E-state index in [9.17, 15) is 0 Å². The second-order valence-electron chi connectivity index (χ2n) is 5.14. The van der Waals surface area contributed by atoms with Gasteiger partial charge in [-0.1, -0.05) is 6.92 Å². The van der Waals surface area contributed by atoms with Crippen LogP contribution in [0.1, 0.15) is 32.3 Å². The maximum atomic E-state index is 5.48. The molecule has 0 aromatic heterocycles. The van der Waals surface area contributed by atoms with Crippen molar-refractivity contribution in [3.63, 3.8) is 0 Å². The first-order chi connectivity index (χ1) is 8.91. The highest BCUT2D eigenvalue weighted by Gasteiger charge is 2.28. The molecule has 0 saturated carbocycles. The predicted octanol–water partition coefficient (Wildman–Crippen LogP) is 2.81. The topological polar surface area (TPSA) is 39.7 Å². The SMILES string of the molecule is CNC(C)(C)C(C)c1cc(OC)c(OC)cc1OC. The van der Waals surface area contributed by atoms with E-state index < -0.39 is 0 Å². The zero-order valence-corrected chi connectivity index (χ0v) is 13.0. The zero-order valence-electron chi connectivity index (χ0n) is 13.0. The molecule has 1 N–H and O–H groups in total. The summed E-state index contributed by atoms with van der Waals surface area (Å²) in [5.41, 5.74) is 1.05. The monoisotopic (exact) mass is 267 g/mol. The van der Waals surface area contributed by atoms with Crippen LogP contribution in [0.3, 0.4) is 0 Å². The molecule has 0 bridgehead atoms. The van der Waals surface area contributed by atoms with Gasteiger partial charge in [0.2, 0.25) is 0 Å². The number of hydrogen-bond donors (Lipinski definition) is 1. The third-order valence-corrected chi connectivity index (χ3v) is 3.93. The van der Waals surface area contributed by atoms with Crippen LogP contribution in [0.25, 0.3) is 0 Å². The van der Waals surface area contributed by atoms with E-state index in [0.29, 0.717) is 5.75 Å². The Labute approximate surface area is 116 Å². The van der Waals surface area contributed by atoms with Gasteiger partial charge in [0.15, 0.2) is 11.5 Å². The van der Waals surface area contributed by atoms with E-state index in [1.54, 1.807) is 21.3 Å². The van der Waals surface area contributed by atoms with Crippen LogP contribution in [0.2, 0.25) is 0 Å². The lowest BCUT2D eigenvalue weighted by atomic mass is 9.83. The Morgan fingerprint density at radius 1 is 0.947 bits per heavy atom. The summed E-state index contributed by atoms with van der Waals surface area (Å²) in [5, 5.41) is 3.33. The lowest BCUT2D eigenvalue weighted by molar-refractivity contribution is 0.329. The van der Waals surface area contributed by atoms with Crippen LogP contribution in [0.15, 0.2) is 12.1 Å². The smallest absolute Gasteiger partial charge is 0.164 e. The highest BCUT2D eigenvalue weighted by molar-refractivity contribution is 5.52. The molecular weight excluding hydrogens is 242 g/mol. The Morgan fingerprint density at radius 3 is 1.84 bits per heavy atom. The summed E-state index contributed by atoms with van der Waals surface area (Å²) in [4.78, 5) is 0. The Hall–Kier alpha value is -1.42. The van der Waals surface area contributed by atoms with Crippen LogP contribution in [0.4, 0.5) is 0 Å². The second kappa shape index (κ2) is 6.15. The van der Waals surface area contributed by atoms with Crippen molar-refractivity contribution in [2.24, 2.45) is 0 Å². The van der Waals surface area contributed by atoms with Crippen LogP contribution in [0.5, 0.6) is 17.2 Å². The minimum absolute atomic E-state index is 0.0487. The highest BCUT2D eigenvalue weighted by Crippen LogP contribution is 2.41. The molecule has 0 fully saturated rings. The molecule has 0 radical (unpaired) electrons. The fourth-order valence-electron chi connectivity index (χ4n) is 2.00. The molecule has 0 aliphatic carbocycles. The minimum Gasteiger partial charge on any atom is -0.496 e. The van der Waals surface area contributed by atoms with Crippen molar-refractivity contribution in [2.45, 2.75) is 32.2 Å². The first-order valence-corrected chi connectivity index (χ1v) is 6.40. The number of methoxy groups -OCH3 is 3. The number of nitrogens with one attached hydrogen (secondary N) is 1. The Kier molecular flexibility index (Phi) is 5.06. The summed E-state index contributed by atoms with van der Waals surface area (Å²) < 4.78 is 16.2. The lowest BCUT2D eigenvalue weighted by Crippen LogP contribution is -2.41. The summed E-state index contributed by atoms with van der Waals surface area (Å²) in [6.45, 7) is 6.49. The molecule has 1 unspecified atom stereocenters. The third kappa shape index (κ3) is 3.13. The molecule has 4 nitrogen and oxygen atoms in total. The quantitative estimate of drug-likeness (QED) is 0.860. The molecule has 0 heterocycles. The van der Waals surface area contributed by atoms with E-state index in [0.717, 1.165) is 17.1 Å². The summed E-state index contributed by atoms with van der Waals surface area (Å²) in [6.07, 6.45) is 0. The number of rotatable bonds is 6. The minimum atomic E-state index is -0.0487. The van der Waals surface area contributed by atoms with Gasteiger partial charge in [0.1, 0.15) is 5.75 Å². The van der Waals surface area contributed by atoms with Crippen LogP contribution in [-0.2, 0) is 0 Å². The molecule has 0 aliphatic rings. The number of hydrogen-bond acceptors (Lipinski definition) is 4. The molecule has 1 aromatic carbocycles. The Balaban J connectivity index is 3.33. The molecular formula is C15H25NO3. The largest absolute Gasteiger partial charge is 0.496 e.